The molecule has 0 spiro atoms. The molecule has 1 aliphatic heterocycles. The Morgan fingerprint density at radius 1 is 1.09 bits per heavy atom. The first-order chi connectivity index (χ1) is 10.0. The van der Waals surface area contributed by atoms with Gasteiger partial charge in [0.1, 0.15) is 23.3 Å². The van der Waals surface area contributed by atoms with E-state index >= 15 is 0 Å². The average molecular weight is 336 g/mol. The topological polar surface area (TPSA) is 124 Å². The molecule has 0 aromatic carbocycles. The van der Waals surface area contributed by atoms with Gasteiger partial charge >= 0.3 is 5.97 Å². The molecule has 1 heterocycles. The molecular formula is C12H20N2O7S. The van der Waals surface area contributed by atoms with Crippen LogP contribution in [0.5, 0.6) is 0 Å². The molecule has 1 aliphatic rings. The summed E-state index contributed by atoms with van der Waals surface area (Å²) in [6.45, 7) is 2.71. The van der Waals surface area contributed by atoms with Crippen LogP contribution in [0.4, 0.5) is 0 Å². The molecule has 10 heteroatoms. The lowest BCUT2D eigenvalue weighted by atomic mass is 10.2. The number of aliphatic hydroxyl groups is 2. The van der Waals surface area contributed by atoms with Crippen molar-refractivity contribution in [1.29, 1.82) is 0 Å². The largest absolute Gasteiger partial charge is 0.507 e. The number of ketones is 1. The molecule has 2 atom stereocenters. The van der Waals surface area contributed by atoms with E-state index in [2.05, 4.69) is 4.74 Å². The monoisotopic (exact) mass is 336 g/mol. The van der Waals surface area contributed by atoms with E-state index < -0.39 is 58.7 Å². The molecule has 0 fully saturated rings. The molecule has 0 aliphatic carbocycles. The van der Waals surface area contributed by atoms with Crippen LogP contribution in [0.1, 0.15) is 20.8 Å². The number of carbonyl (C=O) groups is 2. The zero-order valence-electron chi connectivity index (χ0n) is 12.8. The van der Waals surface area contributed by atoms with Crippen LogP contribution in [-0.2, 0) is 24.5 Å². The molecule has 2 unspecified atom stereocenters. The van der Waals surface area contributed by atoms with Gasteiger partial charge in [0.15, 0.2) is 0 Å². The Morgan fingerprint density at radius 2 is 1.50 bits per heavy atom. The second-order valence-electron chi connectivity index (χ2n) is 4.98. The highest BCUT2D eigenvalue weighted by Crippen LogP contribution is 2.23. The van der Waals surface area contributed by atoms with Gasteiger partial charge in [-0.1, -0.05) is 0 Å². The van der Waals surface area contributed by atoms with E-state index in [1.807, 2.05) is 0 Å². The van der Waals surface area contributed by atoms with Crippen molar-refractivity contribution >= 4 is 22.0 Å². The molecule has 0 saturated heterocycles. The van der Waals surface area contributed by atoms with E-state index in [-0.39, 0.29) is 0 Å². The average Bonchev–Trinajstić information content (AvgIpc) is 2.54. The molecule has 22 heavy (non-hydrogen) atoms. The number of aliphatic hydroxyl groups excluding tert-OH is 2. The van der Waals surface area contributed by atoms with Crippen LogP contribution in [0.2, 0.25) is 0 Å². The van der Waals surface area contributed by atoms with Gasteiger partial charge < -0.3 is 14.9 Å². The molecule has 0 radical (unpaired) electrons. The second-order valence-corrected chi connectivity index (χ2v) is 6.81. The standard InChI is InChI=1S/C12H20N2O7S/c1-7(9(3)15)13-5-10(16)11(17)6-14(22(13,19)20)8(2)12(18)21-4/h7-8,16-17H,5-6H2,1-4H3. The van der Waals surface area contributed by atoms with E-state index in [9.17, 15) is 28.2 Å². The first-order valence-corrected chi connectivity index (χ1v) is 7.90. The Morgan fingerprint density at radius 3 is 1.86 bits per heavy atom. The second kappa shape index (κ2) is 6.63. The maximum atomic E-state index is 12.7. The lowest BCUT2D eigenvalue weighted by molar-refractivity contribution is -0.144. The summed E-state index contributed by atoms with van der Waals surface area (Å²) in [7, 11) is -3.18. The molecule has 0 bridgehead atoms. The molecule has 0 saturated carbocycles. The van der Waals surface area contributed by atoms with Crippen molar-refractivity contribution in [3.63, 3.8) is 0 Å². The summed E-state index contributed by atoms with van der Waals surface area (Å²) in [6, 6.07) is -2.30. The van der Waals surface area contributed by atoms with Crippen LogP contribution < -0.4 is 0 Å². The first-order valence-electron chi connectivity index (χ1n) is 6.50. The third kappa shape index (κ3) is 3.39. The van der Waals surface area contributed by atoms with Gasteiger partial charge in [-0.15, -0.1) is 0 Å². The molecule has 126 valence electrons. The van der Waals surface area contributed by atoms with Crippen molar-refractivity contribution in [1.82, 2.24) is 8.61 Å². The predicted molar refractivity (Wildman–Crippen MR) is 76.2 cm³/mol. The third-order valence-corrected chi connectivity index (χ3v) is 5.61. The summed E-state index contributed by atoms with van der Waals surface area (Å²) in [6.07, 6.45) is 0. The van der Waals surface area contributed by atoms with E-state index in [1.54, 1.807) is 0 Å². The first kappa shape index (κ1) is 18.4. The predicted octanol–water partition coefficient (Wildman–Crippen LogP) is -0.285. The number of rotatable bonds is 4. The molecule has 9 nitrogen and oxygen atoms in total. The summed E-state index contributed by atoms with van der Waals surface area (Å²) in [5, 5.41) is 19.5. The van der Waals surface area contributed by atoms with Gasteiger partial charge in [-0.3, -0.25) is 9.59 Å². The highest BCUT2D eigenvalue weighted by molar-refractivity contribution is 7.86. The highest BCUT2D eigenvalue weighted by atomic mass is 32.2. The van der Waals surface area contributed by atoms with Crippen molar-refractivity contribution in [2.24, 2.45) is 0 Å². The van der Waals surface area contributed by atoms with Crippen LogP contribution in [-0.4, -0.2) is 71.3 Å². The molecule has 2 N–H and O–H groups in total. The zero-order chi connectivity index (χ0) is 17.2. The SMILES string of the molecule is COC(=O)C(C)N1CC(O)=C(O)CN(C(C)C(C)=O)S1(=O)=O. The Balaban J connectivity index is 3.38. The lowest BCUT2D eigenvalue weighted by Gasteiger charge is -2.32. The molecule has 1 rings (SSSR count). The minimum atomic E-state index is -4.28. The van der Waals surface area contributed by atoms with Crippen LogP contribution in [0.15, 0.2) is 11.5 Å². The van der Waals surface area contributed by atoms with Gasteiger partial charge in [0.25, 0.3) is 10.2 Å². The van der Waals surface area contributed by atoms with E-state index in [4.69, 9.17) is 0 Å². The maximum absolute atomic E-state index is 12.7. The smallest absolute Gasteiger partial charge is 0.323 e. The van der Waals surface area contributed by atoms with Gasteiger partial charge in [-0.2, -0.15) is 17.0 Å². The minimum Gasteiger partial charge on any atom is -0.507 e. The number of hydrogen-bond acceptors (Lipinski definition) is 7. The summed E-state index contributed by atoms with van der Waals surface area (Å²) < 4.78 is 31.3. The molecule has 0 aromatic heterocycles. The zero-order valence-corrected chi connectivity index (χ0v) is 13.6. The number of methoxy groups -OCH3 is 1. The number of carbonyl (C=O) groups excluding carboxylic acids is 2. The Bertz CT molecular complexity index is 599. The summed E-state index contributed by atoms with van der Waals surface area (Å²) in [5.41, 5.74) is 0. The van der Waals surface area contributed by atoms with Gasteiger partial charge in [-0.05, 0) is 20.8 Å². The third-order valence-electron chi connectivity index (χ3n) is 3.53. The van der Waals surface area contributed by atoms with Crippen LogP contribution in [0, 0.1) is 0 Å². The minimum absolute atomic E-state index is 0.441. The number of ether oxygens (including phenoxy) is 1. The van der Waals surface area contributed by atoms with Crippen molar-refractivity contribution < 1.29 is 33.0 Å². The lowest BCUT2D eigenvalue weighted by Crippen LogP contribution is -2.53. The van der Waals surface area contributed by atoms with E-state index in [1.165, 1.54) is 20.8 Å². The quantitative estimate of drug-likeness (QED) is 0.676. The van der Waals surface area contributed by atoms with Crippen molar-refractivity contribution in [2.75, 3.05) is 20.2 Å². The number of Topliss-reactive ketones (excluding diaryl/α,β-unsaturated/α-hetero) is 1. The normalized spacial score (nSPS) is 22.7. The summed E-state index contributed by atoms with van der Waals surface area (Å²) >= 11 is 0. The fraction of sp³-hybridized carbons (Fsp3) is 0.667. The molecular weight excluding hydrogens is 316 g/mol. The number of nitrogens with zero attached hydrogens (tertiary/aromatic N) is 2. The van der Waals surface area contributed by atoms with Crippen LogP contribution in [0.3, 0.4) is 0 Å². The fourth-order valence-corrected chi connectivity index (χ4v) is 3.81. The summed E-state index contributed by atoms with van der Waals surface area (Å²) in [5.74, 6) is -2.43. The fourth-order valence-electron chi connectivity index (χ4n) is 1.94. The Kier molecular flexibility index (Phi) is 5.54. The van der Waals surface area contributed by atoms with Gasteiger partial charge in [0.2, 0.25) is 0 Å². The van der Waals surface area contributed by atoms with Crippen molar-refractivity contribution in [3.05, 3.63) is 11.5 Å². The highest BCUT2D eigenvalue weighted by Gasteiger charge is 2.43. The molecule has 0 amide bonds. The Labute approximate surface area is 128 Å². The summed E-state index contributed by atoms with van der Waals surface area (Å²) in [4.78, 5) is 23.2. The number of esters is 1. The maximum Gasteiger partial charge on any atom is 0.323 e. The van der Waals surface area contributed by atoms with Gasteiger partial charge in [-0.25, -0.2) is 0 Å². The van der Waals surface area contributed by atoms with E-state index in [0.717, 1.165) is 11.4 Å². The van der Waals surface area contributed by atoms with Crippen LogP contribution in [0.25, 0.3) is 0 Å². The van der Waals surface area contributed by atoms with E-state index in [0.29, 0.717) is 4.31 Å². The van der Waals surface area contributed by atoms with Gasteiger partial charge in [0.05, 0.1) is 26.2 Å². The number of hydrogen-bond donors (Lipinski definition) is 2. The molecule has 0 aromatic rings. The van der Waals surface area contributed by atoms with Gasteiger partial charge in [0, 0.05) is 0 Å². The van der Waals surface area contributed by atoms with Crippen molar-refractivity contribution in [2.45, 2.75) is 32.9 Å². The Hall–Kier alpha value is -1.65. The van der Waals surface area contributed by atoms with Crippen LogP contribution >= 0.6 is 0 Å². The van der Waals surface area contributed by atoms with Crippen molar-refractivity contribution in [3.8, 4) is 0 Å².